The summed E-state index contributed by atoms with van der Waals surface area (Å²) in [4.78, 5) is 13.2. The fourth-order valence-corrected chi connectivity index (χ4v) is 1.20. The maximum absolute atomic E-state index is 10.2. The van der Waals surface area contributed by atoms with Crippen molar-refractivity contribution >= 4 is 5.97 Å². The molecule has 1 aromatic rings. The predicted octanol–water partition coefficient (Wildman–Crippen LogP) is 0.749. The SMILES string of the molecule is NC(CCC(=O)O)Cc1cc[nH]c1. The van der Waals surface area contributed by atoms with Crippen molar-refractivity contribution in [1.82, 2.24) is 4.98 Å². The van der Waals surface area contributed by atoms with Crippen LogP contribution in [-0.4, -0.2) is 22.1 Å². The summed E-state index contributed by atoms with van der Waals surface area (Å²) in [6.07, 6.45) is 5.11. The van der Waals surface area contributed by atoms with Crippen LogP contribution >= 0.6 is 0 Å². The van der Waals surface area contributed by atoms with E-state index >= 15 is 0 Å². The van der Waals surface area contributed by atoms with Gasteiger partial charge in [0.1, 0.15) is 0 Å². The number of carboxylic acid groups (broad SMARTS) is 1. The van der Waals surface area contributed by atoms with E-state index in [1.807, 2.05) is 18.5 Å². The van der Waals surface area contributed by atoms with E-state index in [1.54, 1.807) is 0 Å². The molecule has 0 radical (unpaired) electrons. The van der Waals surface area contributed by atoms with Crippen LogP contribution in [0.1, 0.15) is 18.4 Å². The van der Waals surface area contributed by atoms with Crippen molar-refractivity contribution < 1.29 is 9.90 Å². The molecule has 0 aromatic carbocycles. The summed E-state index contributed by atoms with van der Waals surface area (Å²) in [6.45, 7) is 0. The van der Waals surface area contributed by atoms with Gasteiger partial charge in [-0.05, 0) is 24.5 Å². The molecule has 0 fully saturated rings. The van der Waals surface area contributed by atoms with E-state index in [4.69, 9.17) is 10.8 Å². The van der Waals surface area contributed by atoms with Crippen LogP contribution in [0.4, 0.5) is 0 Å². The van der Waals surface area contributed by atoms with Crippen LogP contribution in [0.2, 0.25) is 0 Å². The first kappa shape index (κ1) is 9.80. The van der Waals surface area contributed by atoms with Crippen molar-refractivity contribution in [3.63, 3.8) is 0 Å². The first-order valence-electron chi connectivity index (χ1n) is 4.27. The van der Waals surface area contributed by atoms with Gasteiger partial charge in [0.2, 0.25) is 0 Å². The predicted molar refractivity (Wildman–Crippen MR) is 49.3 cm³/mol. The molecule has 0 bridgehead atoms. The molecule has 0 aliphatic carbocycles. The molecule has 1 unspecified atom stereocenters. The fraction of sp³-hybridized carbons (Fsp3) is 0.444. The normalized spacial score (nSPS) is 12.7. The number of hydrogen-bond donors (Lipinski definition) is 3. The third kappa shape index (κ3) is 3.75. The van der Waals surface area contributed by atoms with E-state index < -0.39 is 5.97 Å². The van der Waals surface area contributed by atoms with Crippen LogP contribution < -0.4 is 5.73 Å². The average Bonchev–Trinajstić information content (AvgIpc) is 2.53. The van der Waals surface area contributed by atoms with Gasteiger partial charge in [-0.2, -0.15) is 0 Å². The monoisotopic (exact) mass is 182 g/mol. The quantitative estimate of drug-likeness (QED) is 0.628. The minimum absolute atomic E-state index is 0.0631. The molecule has 4 N–H and O–H groups in total. The van der Waals surface area contributed by atoms with Crippen LogP contribution in [0.25, 0.3) is 0 Å². The van der Waals surface area contributed by atoms with Gasteiger partial charge in [0.05, 0.1) is 0 Å². The third-order valence-electron chi connectivity index (χ3n) is 1.89. The zero-order valence-electron chi connectivity index (χ0n) is 7.36. The zero-order valence-corrected chi connectivity index (χ0v) is 7.36. The van der Waals surface area contributed by atoms with Crippen LogP contribution in [0, 0.1) is 0 Å². The Hall–Kier alpha value is -1.29. The number of nitrogens with two attached hydrogens (primary N) is 1. The minimum atomic E-state index is -0.787. The maximum atomic E-state index is 10.2. The Balaban J connectivity index is 2.25. The lowest BCUT2D eigenvalue weighted by Gasteiger charge is -2.07. The molecule has 0 aliphatic heterocycles. The first-order valence-corrected chi connectivity index (χ1v) is 4.27. The first-order chi connectivity index (χ1) is 6.18. The topological polar surface area (TPSA) is 79.1 Å². The number of nitrogens with one attached hydrogen (secondary N) is 1. The molecule has 13 heavy (non-hydrogen) atoms. The molecule has 1 aromatic heterocycles. The summed E-state index contributed by atoms with van der Waals surface area (Å²) < 4.78 is 0. The Kier molecular flexibility index (Phi) is 3.52. The molecule has 1 atom stereocenters. The summed E-state index contributed by atoms with van der Waals surface area (Å²) in [5, 5.41) is 8.43. The summed E-state index contributed by atoms with van der Waals surface area (Å²) in [5.41, 5.74) is 6.86. The highest BCUT2D eigenvalue weighted by Gasteiger charge is 2.06. The summed E-state index contributed by atoms with van der Waals surface area (Å²) >= 11 is 0. The Bertz CT molecular complexity index is 257. The van der Waals surface area contributed by atoms with E-state index in [0.29, 0.717) is 6.42 Å². The second kappa shape index (κ2) is 4.67. The van der Waals surface area contributed by atoms with Gasteiger partial charge in [-0.15, -0.1) is 0 Å². The van der Waals surface area contributed by atoms with Gasteiger partial charge >= 0.3 is 5.97 Å². The molecule has 72 valence electrons. The molecule has 0 spiro atoms. The lowest BCUT2D eigenvalue weighted by Crippen LogP contribution is -2.23. The number of aromatic amines is 1. The molecule has 1 rings (SSSR count). The highest BCUT2D eigenvalue weighted by Crippen LogP contribution is 2.04. The van der Waals surface area contributed by atoms with Gasteiger partial charge in [-0.1, -0.05) is 0 Å². The highest BCUT2D eigenvalue weighted by molar-refractivity contribution is 5.66. The van der Waals surface area contributed by atoms with E-state index in [2.05, 4.69) is 4.98 Å². The second-order valence-electron chi connectivity index (χ2n) is 3.12. The van der Waals surface area contributed by atoms with Gasteiger partial charge in [-0.25, -0.2) is 0 Å². The maximum Gasteiger partial charge on any atom is 0.303 e. The summed E-state index contributed by atoms with van der Waals surface area (Å²) in [5.74, 6) is -0.787. The van der Waals surface area contributed by atoms with Crippen molar-refractivity contribution in [3.05, 3.63) is 24.0 Å². The van der Waals surface area contributed by atoms with E-state index in [9.17, 15) is 4.79 Å². The largest absolute Gasteiger partial charge is 0.481 e. The van der Waals surface area contributed by atoms with Gasteiger partial charge in [0, 0.05) is 24.9 Å². The number of aromatic nitrogens is 1. The second-order valence-corrected chi connectivity index (χ2v) is 3.12. The lowest BCUT2D eigenvalue weighted by atomic mass is 10.1. The lowest BCUT2D eigenvalue weighted by molar-refractivity contribution is -0.137. The molecule has 4 heteroatoms. The van der Waals surface area contributed by atoms with E-state index in [1.165, 1.54) is 0 Å². The van der Waals surface area contributed by atoms with Crippen LogP contribution in [-0.2, 0) is 11.2 Å². The van der Waals surface area contributed by atoms with Crippen molar-refractivity contribution in [2.24, 2.45) is 5.73 Å². The van der Waals surface area contributed by atoms with E-state index in [-0.39, 0.29) is 12.5 Å². The van der Waals surface area contributed by atoms with Gasteiger partial charge in [0.25, 0.3) is 0 Å². The third-order valence-corrected chi connectivity index (χ3v) is 1.89. The number of aliphatic carboxylic acids is 1. The molecule has 0 aliphatic rings. The molecule has 0 saturated heterocycles. The Labute approximate surface area is 76.8 Å². The molecule has 0 saturated carbocycles. The molecular formula is C9H14N2O2. The van der Waals surface area contributed by atoms with Crippen molar-refractivity contribution in [2.75, 3.05) is 0 Å². The average molecular weight is 182 g/mol. The summed E-state index contributed by atoms with van der Waals surface area (Å²) in [6, 6.07) is 1.88. The Morgan fingerprint density at radius 1 is 1.69 bits per heavy atom. The highest BCUT2D eigenvalue weighted by atomic mass is 16.4. The molecule has 0 amide bonds. The standard InChI is InChI=1S/C9H14N2O2/c10-8(1-2-9(12)13)5-7-3-4-11-6-7/h3-4,6,8,11H,1-2,5,10H2,(H,12,13). The molecular weight excluding hydrogens is 168 g/mol. The number of hydrogen-bond acceptors (Lipinski definition) is 2. The fourth-order valence-electron chi connectivity index (χ4n) is 1.20. The van der Waals surface area contributed by atoms with Crippen LogP contribution in [0.15, 0.2) is 18.5 Å². The number of carboxylic acids is 1. The number of carbonyl (C=O) groups is 1. The van der Waals surface area contributed by atoms with Gasteiger partial charge in [-0.3, -0.25) is 4.79 Å². The smallest absolute Gasteiger partial charge is 0.303 e. The van der Waals surface area contributed by atoms with Crippen molar-refractivity contribution in [1.29, 1.82) is 0 Å². The Morgan fingerprint density at radius 2 is 2.46 bits per heavy atom. The number of H-pyrrole nitrogens is 1. The van der Waals surface area contributed by atoms with Gasteiger partial charge < -0.3 is 15.8 Å². The van der Waals surface area contributed by atoms with Crippen LogP contribution in [0.3, 0.4) is 0 Å². The van der Waals surface area contributed by atoms with Crippen molar-refractivity contribution in [3.8, 4) is 0 Å². The van der Waals surface area contributed by atoms with Gasteiger partial charge in [0.15, 0.2) is 0 Å². The van der Waals surface area contributed by atoms with Crippen LogP contribution in [0.5, 0.6) is 0 Å². The molecule has 4 nitrogen and oxygen atoms in total. The summed E-state index contributed by atoms with van der Waals surface area (Å²) in [7, 11) is 0. The van der Waals surface area contributed by atoms with E-state index in [0.717, 1.165) is 12.0 Å². The number of rotatable bonds is 5. The van der Waals surface area contributed by atoms with Crippen molar-refractivity contribution in [2.45, 2.75) is 25.3 Å². The minimum Gasteiger partial charge on any atom is -0.481 e. The Morgan fingerprint density at radius 3 is 3.00 bits per heavy atom. The zero-order chi connectivity index (χ0) is 9.68. The molecule has 1 heterocycles.